The number of aromatic amines is 1. The minimum atomic E-state index is -1.17. The number of nitrogens with zero attached hydrogens (tertiary/aromatic N) is 1. The lowest BCUT2D eigenvalue weighted by atomic mass is 10.1. The number of rotatable bonds is 10. The number of aromatic nitrogens is 2. The van der Waals surface area contributed by atoms with Crippen LogP contribution in [0.15, 0.2) is 12.5 Å². The van der Waals surface area contributed by atoms with Crippen LogP contribution in [0.4, 0.5) is 0 Å². The predicted molar refractivity (Wildman–Crippen MR) is 85.8 cm³/mol. The van der Waals surface area contributed by atoms with Gasteiger partial charge in [-0.15, -0.1) is 0 Å². The van der Waals surface area contributed by atoms with Crippen LogP contribution in [0.25, 0.3) is 0 Å². The minimum absolute atomic E-state index is 0.0717. The van der Waals surface area contributed by atoms with Gasteiger partial charge in [0.1, 0.15) is 6.04 Å². The van der Waals surface area contributed by atoms with Gasteiger partial charge in [-0.2, -0.15) is 11.8 Å². The molecule has 0 bridgehead atoms. The molecule has 0 fully saturated rings. The van der Waals surface area contributed by atoms with Gasteiger partial charge in [0.25, 0.3) is 0 Å². The number of imidazole rings is 1. The molecule has 1 rings (SSSR count). The van der Waals surface area contributed by atoms with E-state index in [1.165, 1.54) is 12.5 Å². The van der Waals surface area contributed by atoms with Crippen LogP contribution in [-0.2, 0) is 20.8 Å². The third-order valence-electron chi connectivity index (χ3n) is 3.01. The van der Waals surface area contributed by atoms with Crippen LogP contribution in [0.2, 0.25) is 0 Å². The molecule has 0 aliphatic rings. The Kier molecular flexibility index (Phi) is 8.13. The first-order chi connectivity index (χ1) is 10.9. The molecule has 2 amide bonds. The standard InChI is InChI=1S/C13H21N5O4S/c1-23-3-2-9(14)12(20)16-6-11(19)18-10(13(21)22)4-8-5-15-7-17-8/h5,7,9-10H,2-4,6,14H2,1H3,(H,15,17)(H,16,20)(H,18,19)(H,21,22). The van der Waals surface area contributed by atoms with Crippen LogP contribution in [0.1, 0.15) is 12.1 Å². The Balaban J connectivity index is 2.40. The summed E-state index contributed by atoms with van der Waals surface area (Å²) in [5, 5.41) is 13.9. The van der Waals surface area contributed by atoms with Gasteiger partial charge in [0, 0.05) is 18.3 Å². The highest BCUT2D eigenvalue weighted by Gasteiger charge is 2.21. The highest BCUT2D eigenvalue weighted by atomic mass is 32.2. The van der Waals surface area contributed by atoms with Crippen LogP contribution >= 0.6 is 11.8 Å². The average Bonchev–Trinajstić information content (AvgIpc) is 3.02. The second kappa shape index (κ2) is 9.85. The van der Waals surface area contributed by atoms with Crippen molar-refractivity contribution in [2.75, 3.05) is 18.6 Å². The molecule has 0 saturated heterocycles. The van der Waals surface area contributed by atoms with Crippen LogP contribution in [-0.4, -0.2) is 63.5 Å². The van der Waals surface area contributed by atoms with E-state index in [-0.39, 0.29) is 13.0 Å². The number of carbonyl (C=O) groups is 3. The molecule has 0 spiro atoms. The summed E-state index contributed by atoms with van der Waals surface area (Å²) in [5.41, 5.74) is 6.25. The number of carbonyl (C=O) groups excluding carboxylic acids is 2. The van der Waals surface area contributed by atoms with Gasteiger partial charge in [-0.1, -0.05) is 0 Å². The Morgan fingerprint density at radius 3 is 2.78 bits per heavy atom. The predicted octanol–water partition coefficient (Wildman–Crippen LogP) is -1.28. The van der Waals surface area contributed by atoms with Crippen molar-refractivity contribution >= 4 is 29.5 Å². The SMILES string of the molecule is CSCCC(N)C(=O)NCC(=O)NC(Cc1cnc[nH]1)C(=O)O. The summed E-state index contributed by atoms with van der Waals surface area (Å²) in [4.78, 5) is 41.2. The van der Waals surface area contributed by atoms with Crippen LogP contribution < -0.4 is 16.4 Å². The maximum absolute atomic E-state index is 11.8. The van der Waals surface area contributed by atoms with Crippen molar-refractivity contribution < 1.29 is 19.5 Å². The van der Waals surface area contributed by atoms with Crippen molar-refractivity contribution in [3.8, 4) is 0 Å². The molecule has 2 unspecified atom stereocenters. The number of H-pyrrole nitrogens is 1. The monoisotopic (exact) mass is 343 g/mol. The Labute approximate surface area is 137 Å². The smallest absolute Gasteiger partial charge is 0.326 e. The molecule has 1 aromatic heterocycles. The van der Waals surface area contributed by atoms with E-state index in [0.29, 0.717) is 12.1 Å². The Morgan fingerprint density at radius 2 is 2.22 bits per heavy atom. The number of carboxylic acids is 1. The highest BCUT2D eigenvalue weighted by Crippen LogP contribution is 2.00. The molecule has 10 heteroatoms. The van der Waals surface area contributed by atoms with Gasteiger partial charge in [0.05, 0.1) is 18.9 Å². The molecule has 6 N–H and O–H groups in total. The van der Waals surface area contributed by atoms with Crippen molar-refractivity contribution in [3.05, 3.63) is 18.2 Å². The first-order valence-corrected chi connectivity index (χ1v) is 8.35. The van der Waals surface area contributed by atoms with Crippen molar-refractivity contribution in [2.45, 2.75) is 24.9 Å². The van der Waals surface area contributed by atoms with Crippen LogP contribution in [0.5, 0.6) is 0 Å². The largest absolute Gasteiger partial charge is 0.480 e. The molecule has 1 heterocycles. The molecule has 128 valence electrons. The molecule has 0 aliphatic carbocycles. The van der Waals surface area contributed by atoms with Crippen molar-refractivity contribution in [2.24, 2.45) is 5.73 Å². The zero-order valence-corrected chi connectivity index (χ0v) is 13.6. The molecule has 0 saturated carbocycles. The zero-order chi connectivity index (χ0) is 17.2. The normalized spacial score (nSPS) is 13.1. The van der Waals surface area contributed by atoms with E-state index < -0.39 is 29.9 Å². The number of aliphatic carboxylic acids is 1. The lowest BCUT2D eigenvalue weighted by molar-refractivity contribution is -0.141. The van der Waals surface area contributed by atoms with Crippen molar-refractivity contribution in [1.82, 2.24) is 20.6 Å². The maximum Gasteiger partial charge on any atom is 0.326 e. The first kappa shape index (κ1) is 19.0. The second-order valence-corrected chi connectivity index (χ2v) is 5.83. The molecule has 0 aliphatic heterocycles. The number of hydrogen-bond donors (Lipinski definition) is 5. The van der Waals surface area contributed by atoms with Gasteiger partial charge in [0.2, 0.25) is 11.8 Å². The summed E-state index contributed by atoms with van der Waals surface area (Å²) < 4.78 is 0. The number of carboxylic acid groups (broad SMARTS) is 1. The second-order valence-electron chi connectivity index (χ2n) is 4.85. The Bertz CT molecular complexity index is 522. The summed E-state index contributed by atoms with van der Waals surface area (Å²) in [6, 6.07) is -1.79. The van der Waals surface area contributed by atoms with E-state index in [1.807, 2.05) is 6.26 Å². The molecule has 2 atom stereocenters. The molecule has 9 nitrogen and oxygen atoms in total. The number of thioether (sulfide) groups is 1. The van der Waals surface area contributed by atoms with Crippen LogP contribution in [0, 0.1) is 0 Å². The summed E-state index contributed by atoms with van der Waals surface area (Å²) in [6.07, 6.45) is 5.39. The fourth-order valence-corrected chi connectivity index (χ4v) is 2.23. The number of hydrogen-bond acceptors (Lipinski definition) is 6. The van der Waals surface area contributed by atoms with Crippen molar-refractivity contribution in [1.29, 1.82) is 0 Å². The van der Waals surface area contributed by atoms with Gasteiger partial charge in [-0.25, -0.2) is 9.78 Å². The number of amides is 2. The molecule has 0 aromatic carbocycles. The number of nitrogens with two attached hydrogens (primary N) is 1. The first-order valence-electron chi connectivity index (χ1n) is 6.95. The lowest BCUT2D eigenvalue weighted by Gasteiger charge is -2.15. The van der Waals surface area contributed by atoms with E-state index in [9.17, 15) is 14.4 Å². The Morgan fingerprint density at radius 1 is 1.48 bits per heavy atom. The molecule has 23 heavy (non-hydrogen) atoms. The van der Waals surface area contributed by atoms with Gasteiger partial charge in [-0.3, -0.25) is 9.59 Å². The van der Waals surface area contributed by atoms with Gasteiger partial charge in [0.15, 0.2) is 0 Å². The van der Waals surface area contributed by atoms with E-state index in [4.69, 9.17) is 10.8 Å². The van der Waals surface area contributed by atoms with E-state index in [1.54, 1.807) is 11.8 Å². The van der Waals surface area contributed by atoms with Crippen molar-refractivity contribution in [3.63, 3.8) is 0 Å². The number of nitrogens with one attached hydrogen (secondary N) is 3. The third kappa shape index (κ3) is 7.15. The minimum Gasteiger partial charge on any atom is -0.480 e. The van der Waals surface area contributed by atoms with E-state index in [2.05, 4.69) is 20.6 Å². The third-order valence-corrected chi connectivity index (χ3v) is 3.65. The molecular weight excluding hydrogens is 322 g/mol. The summed E-state index contributed by atoms with van der Waals surface area (Å²) in [5.74, 6) is -1.46. The Hall–Kier alpha value is -2.07. The van der Waals surface area contributed by atoms with E-state index >= 15 is 0 Å². The van der Waals surface area contributed by atoms with Gasteiger partial charge in [-0.05, 0) is 18.4 Å². The maximum atomic E-state index is 11.8. The average molecular weight is 343 g/mol. The molecular formula is C13H21N5O4S. The summed E-state index contributed by atoms with van der Waals surface area (Å²) in [7, 11) is 0. The molecule has 1 aromatic rings. The topological polar surface area (TPSA) is 150 Å². The zero-order valence-electron chi connectivity index (χ0n) is 12.7. The van der Waals surface area contributed by atoms with Gasteiger partial charge >= 0.3 is 5.97 Å². The highest BCUT2D eigenvalue weighted by molar-refractivity contribution is 7.98. The lowest BCUT2D eigenvalue weighted by Crippen LogP contribution is -2.49. The van der Waals surface area contributed by atoms with Crippen LogP contribution in [0.3, 0.4) is 0 Å². The van der Waals surface area contributed by atoms with E-state index in [0.717, 1.165) is 5.75 Å². The van der Waals surface area contributed by atoms with Gasteiger partial charge < -0.3 is 26.5 Å². The fraction of sp³-hybridized carbons (Fsp3) is 0.538. The quantitative estimate of drug-likeness (QED) is 0.355. The fourth-order valence-electron chi connectivity index (χ4n) is 1.74. The summed E-state index contributed by atoms with van der Waals surface area (Å²) >= 11 is 1.57. The molecule has 0 radical (unpaired) electrons. The summed E-state index contributed by atoms with van der Waals surface area (Å²) in [6.45, 7) is -0.321.